The molecule has 2 saturated heterocycles. The number of amides is 1. The molecule has 1 amide bonds. The van der Waals surface area contributed by atoms with Gasteiger partial charge >= 0.3 is 27.3 Å². The Hall–Kier alpha value is -2.36. The number of aliphatic hydroxyl groups is 4. The fraction of sp³-hybridized carbons (Fsp3) is 0.647. The summed E-state index contributed by atoms with van der Waals surface area (Å²) in [4.78, 5) is 67.7. The monoisotopic (exact) mass is 621 g/mol. The van der Waals surface area contributed by atoms with Crippen molar-refractivity contribution in [2.24, 2.45) is 0 Å². The third kappa shape index (κ3) is 7.47. The van der Waals surface area contributed by atoms with E-state index in [0.29, 0.717) is 4.57 Å². The lowest BCUT2D eigenvalue weighted by molar-refractivity contribution is -0.243. The number of carboxylic acid groups (broad SMARTS) is 1. The van der Waals surface area contributed by atoms with E-state index in [4.69, 9.17) is 14.6 Å². The summed E-state index contributed by atoms with van der Waals surface area (Å²) in [5.41, 5.74) is -1.79. The number of ether oxygens (including phenoxy) is 2. The minimum absolute atomic E-state index is 0.700. The molecule has 2 aliphatic heterocycles. The zero-order chi connectivity index (χ0) is 30.2. The molecule has 2 aliphatic rings. The lowest BCUT2D eigenvalue weighted by atomic mass is 9.97. The Balaban J connectivity index is 1.68. The number of carbonyl (C=O) groups is 2. The van der Waals surface area contributed by atoms with Gasteiger partial charge in [0.1, 0.15) is 36.6 Å². The first-order valence-corrected chi connectivity index (χ1v) is 14.0. The third-order valence-corrected chi connectivity index (χ3v) is 8.12. The summed E-state index contributed by atoms with van der Waals surface area (Å²) in [6.07, 6.45) is -14.7. The molecule has 0 aliphatic carbocycles. The first kappa shape index (κ1) is 32.2. The predicted octanol–water partition coefficient (Wildman–Crippen LogP) is -4.56. The van der Waals surface area contributed by atoms with Crippen molar-refractivity contribution in [3.8, 4) is 0 Å². The normalized spacial score (nSPS) is 35.4. The molecule has 40 heavy (non-hydrogen) atoms. The second kappa shape index (κ2) is 12.2. The molecule has 1 aromatic rings. The molecule has 226 valence electrons. The Morgan fingerprint density at radius 3 is 2.27 bits per heavy atom. The molecule has 3 rings (SSSR count). The van der Waals surface area contributed by atoms with E-state index in [1.165, 1.54) is 0 Å². The molecule has 0 aromatic carbocycles. The smallest absolute Gasteiger partial charge is 0.479 e. The van der Waals surface area contributed by atoms with Crippen molar-refractivity contribution in [1.29, 1.82) is 0 Å². The quantitative estimate of drug-likeness (QED) is 0.111. The van der Waals surface area contributed by atoms with Gasteiger partial charge in [0.15, 0.2) is 18.6 Å². The van der Waals surface area contributed by atoms with E-state index in [1.54, 1.807) is 0 Å². The number of carbonyl (C=O) groups excluding carboxylic acids is 1. The maximum absolute atomic E-state index is 12.4. The highest BCUT2D eigenvalue weighted by molar-refractivity contribution is 7.61. The van der Waals surface area contributed by atoms with Gasteiger partial charge in [-0.15, -0.1) is 0 Å². The summed E-state index contributed by atoms with van der Waals surface area (Å²) < 4.78 is 48.7. The number of aliphatic carboxylic acids is 1. The maximum Gasteiger partial charge on any atom is 0.483 e. The molecular weight excluding hydrogens is 596 g/mol. The minimum atomic E-state index is -5.76. The number of carboxylic acids is 1. The van der Waals surface area contributed by atoms with Gasteiger partial charge in [0, 0.05) is 19.2 Å². The zero-order valence-electron chi connectivity index (χ0n) is 20.0. The van der Waals surface area contributed by atoms with Gasteiger partial charge in [0.05, 0.1) is 6.61 Å². The van der Waals surface area contributed by atoms with E-state index >= 15 is 0 Å². The Morgan fingerprint density at radius 1 is 1.05 bits per heavy atom. The summed E-state index contributed by atoms with van der Waals surface area (Å²) >= 11 is 0. The van der Waals surface area contributed by atoms with E-state index in [1.807, 2.05) is 10.3 Å². The van der Waals surface area contributed by atoms with Crippen LogP contribution >= 0.6 is 15.6 Å². The van der Waals surface area contributed by atoms with Crippen molar-refractivity contribution in [2.75, 3.05) is 6.61 Å². The van der Waals surface area contributed by atoms with Crippen LogP contribution in [-0.4, -0.2) is 112 Å². The molecule has 23 heteroatoms. The molecule has 3 heterocycles. The Bertz CT molecular complexity index is 1320. The first-order chi connectivity index (χ1) is 18.4. The highest BCUT2D eigenvalue weighted by Crippen LogP contribution is 2.61. The number of hydrogen-bond donors (Lipinski definition) is 9. The lowest BCUT2D eigenvalue weighted by Gasteiger charge is -2.41. The van der Waals surface area contributed by atoms with Gasteiger partial charge in [-0.1, -0.05) is 0 Å². The fourth-order valence-electron chi connectivity index (χ4n) is 3.74. The van der Waals surface area contributed by atoms with Gasteiger partial charge in [-0.2, -0.15) is 4.31 Å². The van der Waals surface area contributed by atoms with Crippen molar-refractivity contribution in [2.45, 2.75) is 62.1 Å². The average molecular weight is 621 g/mol. The van der Waals surface area contributed by atoms with Crippen molar-refractivity contribution in [3.05, 3.63) is 33.1 Å². The van der Waals surface area contributed by atoms with Gasteiger partial charge in [0.2, 0.25) is 5.91 Å². The molecule has 0 saturated carbocycles. The van der Waals surface area contributed by atoms with Gasteiger partial charge in [0.25, 0.3) is 5.56 Å². The molecule has 11 atom stereocenters. The SMILES string of the molecule is CC(=O)N[C@@H]1C(OP(=O)(O)OP(=O)(O)OC[C@H]2O[C@@H](n3ccc(=O)[nH]c3=O)[C@H](O)[C@@H]2O)O[C@H](C(=O)O)[C@@H](O)[C@@H]1O. The van der Waals surface area contributed by atoms with Gasteiger partial charge in [-0.25, -0.2) is 18.7 Å². The van der Waals surface area contributed by atoms with Gasteiger partial charge < -0.3 is 50.1 Å². The van der Waals surface area contributed by atoms with Crippen molar-refractivity contribution in [1.82, 2.24) is 14.9 Å². The number of phosphoric acid groups is 2. The van der Waals surface area contributed by atoms with Crippen LogP contribution < -0.4 is 16.6 Å². The molecule has 0 radical (unpaired) electrons. The first-order valence-electron chi connectivity index (χ1n) is 11.0. The molecule has 0 spiro atoms. The number of rotatable bonds is 10. The summed E-state index contributed by atoms with van der Waals surface area (Å²) in [5, 5.41) is 51.6. The zero-order valence-corrected chi connectivity index (χ0v) is 21.8. The summed E-state index contributed by atoms with van der Waals surface area (Å²) in [7, 11) is -11.4. The third-order valence-electron chi connectivity index (χ3n) is 5.52. The Labute approximate surface area is 221 Å². The Morgan fingerprint density at radius 2 is 1.70 bits per heavy atom. The lowest BCUT2D eigenvalue weighted by Crippen LogP contribution is -2.65. The van der Waals surface area contributed by atoms with Crippen LogP contribution in [0.25, 0.3) is 0 Å². The molecule has 2 fully saturated rings. The summed E-state index contributed by atoms with van der Waals surface area (Å²) in [6, 6.07) is -0.949. The van der Waals surface area contributed by atoms with Crippen LogP contribution in [-0.2, 0) is 41.6 Å². The molecular formula is C17H25N3O18P2. The van der Waals surface area contributed by atoms with E-state index in [9.17, 15) is 58.5 Å². The van der Waals surface area contributed by atoms with Crippen molar-refractivity contribution < 1.29 is 76.9 Å². The van der Waals surface area contributed by atoms with Gasteiger partial charge in [-0.05, 0) is 0 Å². The topological polar surface area (TPSA) is 323 Å². The largest absolute Gasteiger partial charge is 0.483 e. The van der Waals surface area contributed by atoms with E-state index < -0.39 is 101 Å². The number of aliphatic hydroxyl groups excluding tert-OH is 4. The molecule has 0 bridgehead atoms. The number of H-pyrrole nitrogens is 1. The van der Waals surface area contributed by atoms with E-state index in [2.05, 4.69) is 13.4 Å². The van der Waals surface area contributed by atoms with Crippen LogP contribution in [0.5, 0.6) is 0 Å². The number of aromatic amines is 1. The fourth-order valence-corrected chi connectivity index (χ4v) is 5.91. The average Bonchev–Trinajstić information content (AvgIpc) is 3.09. The Kier molecular flexibility index (Phi) is 9.85. The second-order valence-electron chi connectivity index (χ2n) is 8.45. The molecule has 21 nitrogen and oxygen atoms in total. The van der Waals surface area contributed by atoms with Crippen LogP contribution in [0.3, 0.4) is 0 Å². The van der Waals surface area contributed by atoms with Crippen LogP contribution in [0.4, 0.5) is 0 Å². The number of nitrogens with one attached hydrogen (secondary N) is 2. The van der Waals surface area contributed by atoms with Crippen LogP contribution in [0.1, 0.15) is 13.2 Å². The second-order valence-corrected chi connectivity index (χ2v) is 11.5. The van der Waals surface area contributed by atoms with E-state index in [-0.39, 0.29) is 0 Å². The predicted molar refractivity (Wildman–Crippen MR) is 121 cm³/mol. The summed E-state index contributed by atoms with van der Waals surface area (Å²) in [5.74, 6) is -2.72. The summed E-state index contributed by atoms with van der Waals surface area (Å²) in [6.45, 7) is -0.153. The number of phosphoric ester groups is 2. The van der Waals surface area contributed by atoms with Crippen LogP contribution in [0, 0.1) is 0 Å². The maximum atomic E-state index is 12.4. The van der Waals surface area contributed by atoms with Crippen LogP contribution in [0.15, 0.2) is 21.9 Å². The van der Waals surface area contributed by atoms with Crippen LogP contribution in [0.2, 0.25) is 0 Å². The highest BCUT2D eigenvalue weighted by atomic mass is 31.3. The van der Waals surface area contributed by atoms with Crippen molar-refractivity contribution >= 4 is 27.5 Å². The molecule has 1 aromatic heterocycles. The van der Waals surface area contributed by atoms with E-state index in [0.717, 1.165) is 19.2 Å². The number of hydrogen-bond acceptors (Lipinski definition) is 15. The van der Waals surface area contributed by atoms with Gasteiger partial charge in [-0.3, -0.25) is 28.2 Å². The molecule has 3 unspecified atom stereocenters. The number of aromatic nitrogens is 2. The highest BCUT2D eigenvalue weighted by Gasteiger charge is 2.52. The minimum Gasteiger partial charge on any atom is -0.479 e. The standard InChI is InChI=1S/C17H25N3O18P2/c1-5(21)18-8-10(24)11(25)13(15(27)28)36-16(8)37-40(32,33)38-39(30,31)34-4-6-9(23)12(26)14(35-6)20-3-2-7(22)19-17(20)29/h2-3,6,8-14,16,23-26H,4H2,1H3,(H,18,21)(H,27,28)(H,30,31)(H,32,33)(H,19,22,29)/t6-,8+,9-,10-,11+,12-,13+,14-,16?/m1/s1. The van der Waals surface area contributed by atoms with Crippen molar-refractivity contribution in [3.63, 3.8) is 0 Å². The molecule has 9 N–H and O–H groups in total. The number of nitrogens with zero attached hydrogens (tertiary/aromatic N) is 1.